The minimum Gasteiger partial charge on any atom is -0.330 e. The first-order chi connectivity index (χ1) is 7.96. The minimum atomic E-state index is -4.53. The maximum atomic E-state index is 12.6. The molecule has 1 rings (SSSR count). The van der Waals surface area contributed by atoms with Crippen LogP contribution in [0.4, 0.5) is 13.2 Å². The molecule has 0 atom stereocenters. The van der Waals surface area contributed by atoms with Gasteiger partial charge in [0.15, 0.2) is 5.78 Å². The average Bonchev–Trinajstić information content (AvgIpc) is 2.28. The highest BCUT2D eigenvalue weighted by molar-refractivity contribution is 5.97. The van der Waals surface area contributed by atoms with Crippen molar-refractivity contribution in [3.8, 4) is 0 Å². The number of rotatable bonds is 5. The van der Waals surface area contributed by atoms with Gasteiger partial charge >= 0.3 is 6.18 Å². The first-order valence-corrected chi connectivity index (χ1v) is 5.21. The van der Waals surface area contributed by atoms with Crippen molar-refractivity contribution >= 4 is 5.78 Å². The number of hydrogen-bond acceptors (Lipinski definition) is 3. The number of carbonyl (C=O) groups excluding carboxylic acids is 1. The highest BCUT2D eigenvalue weighted by Crippen LogP contribution is 2.32. The van der Waals surface area contributed by atoms with Crippen molar-refractivity contribution < 1.29 is 18.0 Å². The number of aromatic nitrogens is 1. The van der Waals surface area contributed by atoms with E-state index >= 15 is 0 Å². The van der Waals surface area contributed by atoms with E-state index in [1.54, 1.807) is 0 Å². The molecule has 1 aromatic rings. The van der Waals surface area contributed by atoms with E-state index in [1.807, 2.05) is 0 Å². The van der Waals surface area contributed by atoms with Crippen LogP contribution in [0.2, 0.25) is 0 Å². The molecule has 0 unspecified atom stereocenters. The summed E-state index contributed by atoms with van der Waals surface area (Å²) in [5.41, 5.74) is 3.96. The Labute approximate surface area is 96.8 Å². The predicted molar refractivity (Wildman–Crippen MR) is 56.5 cm³/mol. The van der Waals surface area contributed by atoms with Crippen LogP contribution in [0.1, 0.15) is 35.2 Å². The number of pyridine rings is 1. The molecule has 0 saturated carbocycles. The largest absolute Gasteiger partial charge is 0.417 e. The van der Waals surface area contributed by atoms with E-state index in [0.717, 1.165) is 18.5 Å². The number of halogens is 3. The zero-order valence-electron chi connectivity index (χ0n) is 9.13. The highest BCUT2D eigenvalue weighted by Gasteiger charge is 2.34. The Balaban J connectivity index is 2.86. The van der Waals surface area contributed by atoms with Gasteiger partial charge in [0.05, 0.1) is 5.56 Å². The van der Waals surface area contributed by atoms with E-state index in [2.05, 4.69) is 4.98 Å². The van der Waals surface area contributed by atoms with Crippen LogP contribution in [0, 0.1) is 0 Å². The van der Waals surface area contributed by atoms with E-state index in [0.29, 0.717) is 19.4 Å². The summed E-state index contributed by atoms with van der Waals surface area (Å²) in [6.07, 6.45) is -1.37. The van der Waals surface area contributed by atoms with Gasteiger partial charge in [-0.15, -0.1) is 0 Å². The van der Waals surface area contributed by atoms with Gasteiger partial charge < -0.3 is 5.73 Å². The van der Waals surface area contributed by atoms with Crippen LogP contribution >= 0.6 is 0 Å². The summed E-state index contributed by atoms with van der Waals surface area (Å²) < 4.78 is 37.8. The van der Waals surface area contributed by atoms with Crippen LogP contribution in [0.3, 0.4) is 0 Å². The quantitative estimate of drug-likeness (QED) is 0.641. The molecule has 2 N–H and O–H groups in total. The molecule has 1 aromatic heterocycles. The van der Waals surface area contributed by atoms with Crippen molar-refractivity contribution in [1.29, 1.82) is 0 Å². The van der Waals surface area contributed by atoms with E-state index < -0.39 is 17.5 Å². The molecule has 6 heteroatoms. The molecule has 0 aliphatic rings. The van der Waals surface area contributed by atoms with Crippen LogP contribution in [0.5, 0.6) is 0 Å². The van der Waals surface area contributed by atoms with Gasteiger partial charge in [-0.1, -0.05) is 0 Å². The number of unbranched alkanes of at least 4 members (excludes halogenated alkanes) is 1. The zero-order chi connectivity index (χ0) is 12.9. The van der Waals surface area contributed by atoms with Gasteiger partial charge in [-0.25, -0.2) is 0 Å². The minimum absolute atomic E-state index is 0.0615. The molecule has 1 heterocycles. The Bertz CT molecular complexity index is 391. The molecule has 94 valence electrons. The van der Waals surface area contributed by atoms with Gasteiger partial charge in [0.25, 0.3) is 0 Å². The maximum absolute atomic E-state index is 12.6. The van der Waals surface area contributed by atoms with Crippen molar-refractivity contribution in [2.45, 2.75) is 25.4 Å². The smallest absolute Gasteiger partial charge is 0.330 e. The van der Waals surface area contributed by atoms with Gasteiger partial charge in [0, 0.05) is 24.4 Å². The summed E-state index contributed by atoms with van der Waals surface area (Å²) in [4.78, 5) is 15.2. The molecule has 17 heavy (non-hydrogen) atoms. The summed E-state index contributed by atoms with van der Waals surface area (Å²) in [6.45, 7) is 0.423. The third-order valence-corrected chi connectivity index (χ3v) is 2.28. The lowest BCUT2D eigenvalue weighted by Crippen LogP contribution is -2.13. The number of Topliss-reactive ketones (excluding diaryl/α,β-unsaturated/α-hetero) is 1. The van der Waals surface area contributed by atoms with E-state index in [9.17, 15) is 18.0 Å². The summed E-state index contributed by atoms with van der Waals surface area (Å²) in [6, 6.07) is 0.816. The second-order valence-electron chi connectivity index (χ2n) is 3.59. The molecule has 0 bridgehead atoms. The number of nitrogens with two attached hydrogens (primary N) is 1. The second-order valence-corrected chi connectivity index (χ2v) is 3.59. The molecule has 0 fully saturated rings. The normalized spacial score (nSPS) is 11.5. The van der Waals surface area contributed by atoms with Gasteiger partial charge in [0.2, 0.25) is 0 Å². The number of carbonyl (C=O) groups is 1. The maximum Gasteiger partial charge on any atom is 0.417 e. The molecular formula is C11H13F3N2O. The third-order valence-electron chi connectivity index (χ3n) is 2.28. The molecule has 0 aliphatic carbocycles. The summed E-state index contributed by atoms with van der Waals surface area (Å²) in [7, 11) is 0. The van der Waals surface area contributed by atoms with Crippen molar-refractivity contribution in [3.05, 3.63) is 29.6 Å². The highest BCUT2D eigenvalue weighted by atomic mass is 19.4. The van der Waals surface area contributed by atoms with Crippen LogP contribution in [-0.4, -0.2) is 17.3 Å². The molecular weight excluding hydrogens is 233 g/mol. The Morgan fingerprint density at radius 1 is 1.35 bits per heavy atom. The summed E-state index contributed by atoms with van der Waals surface area (Å²) in [5, 5.41) is 0. The molecule has 0 aliphatic heterocycles. The van der Waals surface area contributed by atoms with E-state index in [4.69, 9.17) is 5.73 Å². The van der Waals surface area contributed by atoms with Crippen LogP contribution in [0.25, 0.3) is 0 Å². The Morgan fingerprint density at radius 2 is 2.06 bits per heavy atom. The Kier molecular flexibility index (Phi) is 4.62. The molecule has 3 nitrogen and oxygen atoms in total. The first kappa shape index (κ1) is 13.6. The SMILES string of the molecule is NCCCCC(=O)c1cnccc1C(F)(F)F. The molecule has 0 amide bonds. The molecule has 0 aromatic carbocycles. The van der Waals surface area contributed by atoms with Crippen LogP contribution in [0.15, 0.2) is 18.5 Å². The standard InChI is InChI=1S/C11H13F3N2O/c12-11(13,14)9-4-6-16-7-8(9)10(17)3-1-2-5-15/h4,6-7H,1-3,5,15H2. The van der Waals surface area contributed by atoms with E-state index in [1.165, 1.54) is 0 Å². The zero-order valence-corrected chi connectivity index (χ0v) is 9.13. The third kappa shape index (κ3) is 3.81. The Hall–Kier alpha value is -1.43. The molecule has 0 saturated heterocycles. The van der Waals surface area contributed by atoms with Crippen molar-refractivity contribution in [1.82, 2.24) is 4.98 Å². The van der Waals surface area contributed by atoms with E-state index in [-0.39, 0.29) is 12.0 Å². The number of hydrogen-bond donors (Lipinski definition) is 1. The summed E-state index contributed by atoms with van der Waals surface area (Å²) in [5.74, 6) is -0.543. The van der Waals surface area contributed by atoms with Crippen molar-refractivity contribution in [2.24, 2.45) is 5.73 Å². The van der Waals surface area contributed by atoms with Gasteiger partial charge in [-0.05, 0) is 25.5 Å². The van der Waals surface area contributed by atoms with Crippen LogP contribution in [-0.2, 0) is 6.18 Å². The first-order valence-electron chi connectivity index (χ1n) is 5.21. The lowest BCUT2D eigenvalue weighted by molar-refractivity contribution is -0.138. The lowest BCUT2D eigenvalue weighted by Gasteiger charge is -2.10. The van der Waals surface area contributed by atoms with Gasteiger partial charge in [-0.3, -0.25) is 9.78 Å². The summed E-state index contributed by atoms with van der Waals surface area (Å²) >= 11 is 0. The number of ketones is 1. The Morgan fingerprint density at radius 3 is 2.65 bits per heavy atom. The fourth-order valence-corrected chi connectivity index (χ4v) is 1.43. The predicted octanol–water partition coefficient (Wildman–Crippen LogP) is 2.41. The lowest BCUT2D eigenvalue weighted by atomic mass is 10.0. The second kappa shape index (κ2) is 5.77. The fraction of sp³-hybridized carbons (Fsp3) is 0.455. The van der Waals surface area contributed by atoms with Gasteiger partial charge in [0.1, 0.15) is 0 Å². The number of alkyl halides is 3. The molecule has 0 radical (unpaired) electrons. The average molecular weight is 246 g/mol. The monoisotopic (exact) mass is 246 g/mol. The molecule has 0 spiro atoms. The van der Waals surface area contributed by atoms with Crippen molar-refractivity contribution in [3.63, 3.8) is 0 Å². The van der Waals surface area contributed by atoms with Gasteiger partial charge in [-0.2, -0.15) is 13.2 Å². The fourth-order valence-electron chi connectivity index (χ4n) is 1.43. The van der Waals surface area contributed by atoms with Crippen LogP contribution < -0.4 is 5.73 Å². The van der Waals surface area contributed by atoms with Crippen molar-refractivity contribution in [2.75, 3.05) is 6.54 Å². The topological polar surface area (TPSA) is 56.0 Å². The number of nitrogens with zero attached hydrogens (tertiary/aromatic N) is 1.